The van der Waals surface area contributed by atoms with Crippen molar-refractivity contribution in [1.29, 1.82) is 0 Å². The SMILES string of the molecule is CCCN(CC)c1ccc(C(=O)N(C)C2CC3CCC(C2)N3)cc1.Cl.Cl. The van der Waals surface area contributed by atoms with Gasteiger partial charge >= 0.3 is 0 Å². The van der Waals surface area contributed by atoms with Crippen molar-refractivity contribution in [3.63, 3.8) is 0 Å². The highest BCUT2D eigenvalue weighted by Crippen LogP contribution is 2.30. The third-order valence-corrected chi connectivity index (χ3v) is 5.67. The first kappa shape index (κ1) is 23.1. The Labute approximate surface area is 170 Å². The molecular formula is C20H33Cl2N3O. The Hall–Kier alpha value is -0.970. The monoisotopic (exact) mass is 401 g/mol. The van der Waals surface area contributed by atoms with E-state index < -0.39 is 0 Å². The lowest BCUT2D eigenvalue weighted by Gasteiger charge is -2.35. The van der Waals surface area contributed by atoms with Gasteiger partial charge in [0.1, 0.15) is 0 Å². The zero-order valence-electron chi connectivity index (χ0n) is 16.1. The Morgan fingerprint density at radius 3 is 2.15 bits per heavy atom. The van der Waals surface area contributed by atoms with E-state index in [-0.39, 0.29) is 30.7 Å². The molecule has 26 heavy (non-hydrogen) atoms. The zero-order chi connectivity index (χ0) is 17.1. The first-order chi connectivity index (χ1) is 11.6. The molecule has 0 radical (unpaired) electrons. The average molecular weight is 402 g/mol. The van der Waals surface area contributed by atoms with E-state index in [9.17, 15) is 4.79 Å². The minimum atomic E-state index is 0. The largest absolute Gasteiger partial charge is 0.372 e. The summed E-state index contributed by atoms with van der Waals surface area (Å²) in [5.41, 5.74) is 2.01. The summed E-state index contributed by atoms with van der Waals surface area (Å²) in [6.07, 6.45) is 5.85. The number of anilines is 1. The summed E-state index contributed by atoms with van der Waals surface area (Å²) in [6.45, 7) is 6.43. The number of rotatable bonds is 6. The van der Waals surface area contributed by atoms with Crippen molar-refractivity contribution in [3.8, 4) is 0 Å². The molecule has 0 aromatic heterocycles. The lowest BCUT2D eigenvalue weighted by atomic mass is 9.98. The minimum absolute atomic E-state index is 0. The Kier molecular flexibility index (Phi) is 9.22. The molecule has 2 aliphatic heterocycles. The van der Waals surface area contributed by atoms with Crippen LogP contribution in [0.3, 0.4) is 0 Å². The molecule has 1 amide bonds. The second-order valence-electron chi connectivity index (χ2n) is 7.31. The number of amides is 1. The predicted octanol–water partition coefficient (Wildman–Crippen LogP) is 4.12. The van der Waals surface area contributed by atoms with Gasteiger partial charge in [0.25, 0.3) is 5.91 Å². The van der Waals surface area contributed by atoms with Crippen molar-refractivity contribution in [1.82, 2.24) is 10.2 Å². The number of nitrogens with one attached hydrogen (secondary N) is 1. The van der Waals surface area contributed by atoms with Crippen molar-refractivity contribution in [3.05, 3.63) is 29.8 Å². The molecule has 0 saturated carbocycles. The minimum Gasteiger partial charge on any atom is -0.372 e. The van der Waals surface area contributed by atoms with E-state index in [1.54, 1.807) is 0 Å². The van der Waals surface area contributed by atoms with Crippen LogP contribution in [-0.4, -0.2) is 49.1 Å². The summed E-state index contributed by atoms with van der Waals surface area (Å²) in [5.74, 6) is 0.159. The summed E-state index contributed by atoms with van der Waals surface area (Å²) in [5, 5.41) is 3.65. The third kappa shape index (κ3) is 5.05. The number of benzene rings is 1. The van der Waals surface area contributed by atoms with Gasteiger partial charge in [0.15, 0.2) is 0 Å². The smallest absolute Gasteiger partial charge is 0.253 e. The van der Waals surface area contributed by atoms with E-state index in [0.29, 0.717) is 18.1 Å². The molecule has 2 fully saturated rings. The van der Waals surface area contributed by atoms with Crippen molar-refractivity contribution in [2.45, 2.75) is 64.1 Å². The van der Waals surface area contributed by atoms with Crippen LogP contribution >= 0.6 is 24.8 Å². The van der Waals surface area contributed by atoms with Crippen LogP contribution in [0.2, 0.25) is 0 Å². The number of halogens is 2. The van der Waals surface area contributed by atoms with Gasteiger partial charge in [-0.2, -0.15) is 0 Å². The number of hydrogen-bond acceptors (Lipinski definition) is 3. The molecular weight excluding hydrogens is 369 g/mol. The van der Waals surface area contributed by atoms with Crippen LogP contribution in [0.1, 0.15) is 56.3 Å². The normalized spacial score (nSPS) is 23.6. The van der Waals surface area contributed by atoms with E-state index in [0.717, 1.165) is 37.9 Å². The Bertz CT molecular complexity index is 555. The molecule has 0 aliphatic carbocycles. The Balaban J connectivity index is 0.00000169. The van der Waals surface area contributed by atoms with Crippen LogP contribution in [0.5, 0.6) is 0 Å². The molecule has 1 N–H and O–H groups in total. The fourth-order valence-corrected chi connectivity index (χ4v) is 4.27. The summed E-state index contributed by atoms with van der Waals surface area (Å²) < 4.78 is 0. The van der Waals surface area contributed by atoms with Gasteiger partial charge in [0.05, 0.1) is 0 Å². The Morgan fingerprint density at radius 1 is 1.08 bits per heavy atom. The molecule has 2 atom stereocenters. The summed E-state index contributed by atoms with van der Waals surface area (Å²) in [7, 11) is 1.97. The van der Waals surface area contributed by atoms with Crippen LogP contribution in [0.15, 0.2) is 24.3 Å². The molecule has 6 heteroatoms. The van der Waals surface area contributed by atoms with E-state index in [4.69, 9.17) is 0 Å². The second kappa shape index (κ2) is 10.4. The van der Waals surface area contributed by atoms with Gasteiger partial charge in [-0.05, 0) is 63.3 Å². The average Bonchev–Trinajstić information content (AvgIpc) is 2.96. The summed E-state index contributed by atoms with van der Waals surface area (Å²) in [6, 6.07) is 9.75. The summed E-state index contributed by atoms with van der Waals surface area (Å²) >= 11 is 0. The fourth-order valence-electron chi connectivity index (χ4n) is 4.27. The number of nitrogens with zero attached hydrogens (tertiary/aromatic N) is 2. The van der Waals surface area contributed by atoms with Gasteiger partial charge in [-0.1, -0.05) is 6.92 Å². The molecule has 2 saturated heterocycles. The molecule has 1 aromatic rings. The maximum absolute atomic E-state index is 12.8. The maximum Gasteiger partial charge on any atom is 0.253 e. The van der Waals surface area contributed by atoms with Crippen LogP contribution in [0.25, 0.3) is 0 Å². The highest BCUT2D eigenvalue weighted by atomic mass is 35.5. The van der Waals surface area contributed by atoms with E-state index in [1.807, 2.05) is 24.1 Å². The third-order valence-electron chi connectivity index (χ3n) is 5.67. The van der Waals surface area contributed by atoms with Crippen LogP contribution in [-0.2, 0) is 0 Å². The highest BCUT2D eigenvalue weighted by Gasteiger charge is 2.36. The predicted molar refractivity (Wildman–Crippen MR) is 114 cm³/mol. The van der Waals surface area contributed by atoms with Crippen LogP contribution in [0, 0.1) is 0 Å². The first-order valence-corrected chi connectivity index (χ1v) is 9.50. The molecule has 2 aliphatic rings. The van der Waals surface area contributed by atoms with E-state index in [2.05, 4.69) is 36.2 Å². The molecule has 148 valence electrons. The quantitative estimate of drug-likeness (QED) is 0.778. The second-order valence-corrected chi connectivity index (χ2v) is 7.31. The van der Waals surface area contributed by atoms with Crippen LogP contribution < -0.4 is 10.2 Å². The van der Waals surface area contributed by atoms with Gasteiger partial charge in [-0.15, -0.1) is 24.8 Å². The van der Waals surface area contributed by atoms with Gasteiger partial charge in [0, 0.05) is 49.5 Å². The molecule has 0 spiro atoms. The number of fused-ring (bicyclic) bond motifs is 2. The molecule has 1 aromatic carbocycles. The van der Waals surface area contributed by atoms with Crippen molar-refractivity contribution < 1.29 is 4.79 Å². The highest BCUT2D eigenvalue weighted by molar-refractivity contribution is 5.94. The van der Waals surface area contributed by atoms with Crippen molar-refractivity contribution in [2.24, 2.45) is 0 Å². The number of hydrogen-bond donors (Lipinski definition) is 1. The lowest BCUT2D eigenvalue weighted by Crippen LogP contribution is -2.48. The van der Waals surface area contributed by atoms with E-state index >= 15 is 0 Å². The number of piperidine rings is 1. The molecule has 2 heterocycles. The van der Waals surface area contributed by atoms with E-state index in [1.165, 1.54) is 18.5 Å². The fraction of sp³-hybridized carbons (Fsp3) is 0.650. The van der Waals surface area contributed by atoms with Gasteiger partial charge in [-0.3, -0.25) is 4.79 Å². The van der Waals surface area contributed by atoms with Gasteiger partial charge in [-0.25, -0.2) is 0 Å². The first-order valence-electron chi connectivity index (χ1n) is 9.50. The molecule has 2 unspecified atom stereocenters. The molecule has 2 bridgehead atoms. The molecule has 4 nitrogen and oxygen atoms in total. The lowest BCUT2D eigenvalue weighted by molar-refractivity contribution is 0.0681. The topological polar surface area (TPSA) is 35.6 Å². The van der Waals surface area contributed by atoms with Crippen LogP contribution in [0.4, 0.5) is 5.69 Å². The van der Waals surface area contributed by atoms with Gasteiger partial charge < -0.3 is 15.1 Å². The Morgan fingerprint density at radius 2 is 1.65 bits per heavy atom. The zero-order valence-corrected chi connectivity index (χ0v) is 17.7. The van der Waals surface area contributed by atoms with Crippen molar-refractivity contribution in [2.75, 3.05) is 25.0 Å². The van der Waals surface area contributed by atoms with Crippen molar-refractivity contribution >= 4 is 36.4 Å². The summed E-state index contributed by atoms with van der Waals surface area (Å²) in [4.78, 5) is 17.2. The van der Waals surface area contributed by atoms with Gasteiger partial charge in [0.2, 0.25) is 0 Å². The molecule has 3 rings (SSSR count). The standard InChI is InChI=1S/C20H31N3O.2ClH/c1-4-12-23(5-2)18-10-6-15(7-11-18)20(24)22(3)19-13-16-8-9-17(14-19)21-16;;/h6-7,10-11,16-17,19,21H,4-5,8-9,12-14H2,1-3H3;2*1H. The number of carbonyl (C=O) groups is 1. The number of carbonyl (C=O) groups excluding carboxylic acids is 1. The maximum atomic E-state index is 12.8.